The second-order valence-electron chi connectivity index (χ2n) is 5.13. The topological polar surface area (TPSA) is 74.5 Å². The van der Waals surface area contributed by atoms with Crippen LogP contribution in [-0.4, -0.2) is 23.8 Å². The minimum atomic E-state index is -0.149. The lowest BCUT2D eigenvalue weighted by atomic mass is 9.93. The van der Waals surface area contributed by atoms with Gasteiger partial charge in [0.25, 0.3) is 0 Å². The predicted molar refractivity (Wildman–Crippen MR) is 71.8 cm³/mol. The minimum Gasteiger partial charge on any atom is -0.469 e. The number of aliphatic hydroxyl groups excluding tert-OH is 1. The van der Waals surface area contributed by atoms with Crippen molar-refractivity contribution < 1.29 is 14.3 Å². The van der Waals surface area contributed by atoms with Crippen molar-refractivity contribution in [3.63, 3.8) is 0 Å². The summed E-state index contributed by atoms with van der Waals surface area (Å²) in [7, 11) is 0. The molecule has 0 aromatic carbocycles. The number of furan rings is 1. The summed E-state index contributed by atoms with van der Waals surface area (Å²) >= 11 is 0. The van der Waals surface area contributed by atoms with E-state index in [2.05, 4.69) is 10.6 Å². The molecule has 1 aromatic rings. The lowest BCUT2D eigenvalue weighted by molar-refractivity contribution is 0.229. The number of nitrogens with one attached hydrogen (secondary N) is 2. The number of hydrogen-bond acceptors (Lipinski definition) is 3. The average molecular weight is 266 g/mol. The molecule has 1 aromatic heterocycles. The third-order valence-electron chi connectivity index (χ3n) is 3.53. The molecule has 2 unspecified atom stereocenters. The zero-order chi connectivity index (χ0) is 13.7. The average Bonchev–Trinajstić information content (AvgIpc) is 2.85. The van der Waals surface area contributed by atoms with Crippen molar-refractivity contribution in [3.05, 3.63) is 23.7 Å². The van der Waals surface area contributed by atoms with Gasteiger partial charge in [-0.25, -0.2) is 4.79 Å². The molecule has 2 rings (SSSR count). The molecule has 19 heavy (non-hydrogen) atoms. The predicted octanol–water partition coefficient (Wildman–Crippen LogP) is 2.12. The van der Waals surface area contributed by atoms with Crippen molar-refractivity contribution in [1.82, 2.24) is 10.6 Å². The third-order valence-corrected chi connectivity index (χ3v) is 3.53. The van der Waals surface area contributed by atoms with Gasteiger partial charge >= 0.3 is 6.03 Å². The van der Waals surface area contributed by atoms with Gasteiger partial charge in [-0.1, -0.05) is 0 Å². The zero-order valence-electron chi connectivity index (χ0n) is 11.3. The summed E-state index contributed by atoms with van der Waals surface area (Å²) in [5.74, 6) is 0.991. The van der Waals surface area contributed by atoms with E-state index in [1.807, 2.05) is 13.0 Å². The summed E-state index contributed by atoms with van der Waals surface area (Å²) in [5.41, 5.74) is 1.10. The Morgan fingerprint density at radius 1 is 1.63 bits per heavy atom. The van der Waals surface area contributed by atoms with Crippen LogP contribution in [0, 0.1) is 0 Å². The summed E-state index contributed by atoms with van der Waals surface area (Å²) < 4.78 is 5.40. The van der Waals surface area contributed by atoms with E-state index in [4.69, 9.17) is 9.52 Å². The Morgan fingerprint density at radius 3 is 3.26 bits per heavy atom. The molecule has 0 aliphatic heterocycles. The normalized spacial score (nSPS) is 19.6. The first-order valence-corrected chi connectivity index (χ1v) is 6.95. The number of fused-ring (bicyclic) bond motifs is 1. The van der Waals surface area contributed by atoms with E-state index in [0.29, 0.717) is 6.42 Å². The fraction of sp³-hybridized carbons (Fsp3) is 0.643. The summed E-state index contributed by atoms with van der Waals surface area (Å²) in [4.78, 5) is 11.9. The number of rotatable bonds is 5. The Labute approximate surface area is 113 Å². The molecule has 0 radical (unpaired) electrons. The number of amides is 2. The van der Waals surface area contributed by atoms with Crippen molar-refractivity contribution in [1.29, 1.82) is 0 Å². The molecule has 0 saturated carbocycles. The summed E-state index contributed by atoms with van der Waals surface area (Å²) in [6.07, 6.45) is 6.11. The van der Waals surface area contributed by atoms with E-state index < -0.39 is 0 Å². The molecule has 0 spiro atoms. The molecule has 2 amide bonds. The van der Waals surface area contributed by atoms with Crippen molar-refractivity contribution in [2.45, 2.75) is 51.1 Å². The number of carbonyl (C=O) groups excluding carboxylic acids is 1. The van der Waals surface area contributed by atoms with Gasteiger partial charge in [0.05, 0.1) is 12.3 Å². The smallest absolute Gasteiger partial charge is 0.315 e. The van der Waals surface area contributed by atoms with Gasteiger partial charge in [0.15, 0.2) is 0 Å². The Hall–Kier alpha value is -1.49. The highest BCUT2D eigenvalue weighted by Gasteiger charge is 2.24. The highest BCUT2D eigenvalue weighted by molar-refractivity contribution is 5.74. The molecule has 1 heterocycles. The minimum absolute atomic E-state index is 0.0486. The molecule has 0 saturated heterocycles. The third kappa shape index (κ3) is 3.73. The highest BCUT2D eigenvalue weighted by Crippen LogP contribution is 2.30. The number of hydrogen-bond donors (Lipinski definition) is 3. The van der Waals surface area contributed by atoms with Crippen LogP contribution in [-0.2, 0) is 6.42 Å². The molecule has 0 fully saturated rings. The SMILES string of the molecule is CC(CCCO)NC(=O)NC1CCCc2occc21. The van der Waals surface area contributed by atoms with Gasteiger partial charge < -0.3 is 20.2 Å². The first kappa shape index (κ1) is 13.9. The second kappa shape index (κ2) is 6.61. The monoisotopic (exact) mass is 266 g/mol. The van der Waals surface area contributed by atoms with Crippen LogP contribution in [0.15, 0.2) is 16.7 Å². The van der Waals surface area contributed by atoms with E-state index in [9.17, 15) is 4.79 Å². The number of carbonyl (C=O) groups is 1. The van der Waals surface area contributed by atoms with Gasteiger partial charge in [-0.15, -0.1) is 0 Å². The molecule has 1 aliphatic carbocycles. The van der Waals surface area contributed by atoms with Gasteiger partial charge in [-0.2, -0.15) is 0 Å². The van der Waals surface area contributed by atoms with Crippen LogP contribution < -0.4 is 10.6 Å². The molecule has 5 nitrogen and oxygen atoms in total. The van der Waals surface area contributed by atoms with Crippen LogP contribution in [0.4, 0.5) is 4.79 Å². The van der Waals surface area contributed by atoms with Crippen LogP contribution in [0.3, 0.4) is 0 Å². The summed E-state index contributed by atoms with van der Waals surface area (Å²) in [6, 6.07) is 1.91. The van der Waals surface area contributed by atoms with Gasteiger partial charge in [0, 0.05) is 24.6 Å². The van der Waals surface area contributed by atoms with Crippen LogP contribution >= 0.6 is 0 Å². The lowest BCUT2D eigenvalue weighted by Crippen LogP contribution is -2.43. The molecule has 2 atom stereocenters. The highest BCUT2D eigenvalue weighted by atomic mass is 16.3. The van der Waals surface area contributed by atoms with E-state index >= 15 is 0 Å². The number of aliphatic hydroxyl groups is 1. The summed E-state index contributed by atoms with van der Waals surface area (Å²) in [5, 5.41) is 14.6. The Kier molecular flexibility index (Phi) is 4.85. The second-order valence-corrected chi connectivity index (χ2v) is 5.13. The molecular weight excluding hydrogens is 244 g/mol. The van der Waals surface area contributed by atoms with Crippen molar-refractivity contribution in [2.24, 2.45) is 0 Å². The van der Waals surface area contributed by atoms with Crippen LogP contribution in [0.1, 0.15) is 50.0 Å². The van der Waals surface area contributed by atoms with Crippen LogP contribution in [0.25, 0.3) is 0 Å². The molecule has 5 heteroatoms. The molecule has 3 N–H and O–H groups in total. The largest absolute Gasteiger partial charge is 0.469 e. The Morgan fingerprint density at radius 2 is 2.47 bits per heavy atom. The maximum absolute atomic E-state index is 11.9. The van der Waals surface area contributed by atoms with E-state index in [-0.39, 0.29) is 24.7 Å². The maximum atomic E-state index is 11.9. The van der Waals surface area contributed by atoms with Gasteiger partial charge in [0.1, 0.15) is 5.76 Å². The van der Waals surface area contributed by atoms with Crippen LogP contribution in [0.5, 0.6) is 0 Å². The molecule has 0 bridgehead atoms. The van der Waals surface area contributed by atoms with E-state index in [0.717, 1.165) is 37.0 Å². The quantitative estimate of drug-likeness (QED) is 0.764. The fourth-order valence-electron chi connectivity index (χ4n) is 2.53. The number of urea groups is 1. The fourth-order valence-corrected chi connectivity index (χ4v) is 2.53. The lowest BCUT2D eigenvalue weighted by Gasteiger charge is -2.24. The molecule has 1 aliphatic rings. The van der Waals surface area contributed by atoms with Gasteiger partial charge in [0.2, 0.25) is 0 Å². The first-order valence-electron chi connectivity index (χ1n) is 6.95. The number of aryl methyl sites for hydroxylation is 1. The Bertz CT molecular complexity index is 417. The van der Waals surface area contributed by atoms with Crippen molar-refractivity contribution >= 4 is 6.03 Å². The first-order chi connectivity index (χ1) is 9.20. The Balaban J connectivity index is 1.83. The molecule has 106 valence electrons. The van der Waals surface area contributed by atoms with E-state index in [1.54, 1.807) is 6.26 Å². The van der Waals surface area contributed by atoms with Crippen LogP contribution in [0.2, 0.25) is 0 Å². The van der Waals surface area contributed by atoms with Gasteiger partial charge in [-0.05, 0) is 38.7 Å². The van der Waals surface area contributed by atoms with Crippen molar-refractivity contribution in [2.75, 3.05) is 6.61 Å². The van der Waals surface area contributed by atoms with Gasteiger partial charge in [-0.3, -0.25) is 0 Å². The zero-order valence-corrected chi connectivity index (χ0v) is 11.3. The maximum Gasteiger partial charge on any atom is 0.315 e. The molecular formula is C14H22N2O3. The van der Waals surface area contributed by atoms with E-state index in [1.165, 1.54) is 0 Å². The van der Waals surface area contributed by atoms with Crippen molar-refractivity contribution in [3.8, 4) is 0 Å². The standard InChI is InChI=1S/C14H22N2O3/c1-10(4-3-8-17)15-14(18)16-12-5-2-6-13-11(12)7-9-19-13/h7,9-10,12,17H,2-6,8H2,1H3,(H2,15,16,18). The summed E-state index contributed by atoms with van der Waals surface area (Å²) in [6.45, 7) is 2.11.